The molecule has 0 fully saturated rings. The average Bonchev–Trinajstić information content (AvgIpc) is 2.50. The minimum absolute atomic E-state index is 0. The van der Waals surface area contributed by atoms with E-state index in [1.54, 1.807) is 18.2 Å². The highest BCUT2D eigenvalue weighted by Crippen LogP contribution is 2.31. The van der Waals surface area contributed by atoms with E-state index in [9.17, 15) is 13.2 Å². The summed E-state index contributed by atoms with van der Waals surface area (Å²) in [6.07, 6.45) is 4.82. The molecule has 5 nitrogen and oxygen atoms in total. The molecule has 1 amide bonds. The van der Waals surface area contributed by atoms with E-state index in [1.165, 1.54) is 0 Å². The van der Waals surface area contributed by atoms with Crippen LogP contribution in [0.25, 0.3) is 0 Å². The maximum Gasteiger partial charge on any atom is 0.220 e. The summed E-state index contributed by atoms with van der Waals surface area (Å²) < 4.78 is 24.1. The van der Waals surface area contributed by atoms with Gasteiger partial charge in [0.05, 0.1) is 16.7 Å². The maximum absolute atomic E-state index is 12.1. The highest BCUT2D eigenvalue weighted by atomic mass is 35.5. The van der Waals surface area contributed by atoms with Crippen molar-refractivity contribution in [2.45, 2.75) is 49.5 Å². The van der Waals surface area contributed by atoms with Crippen LogP contribution in [0.5, 0.6) is 0 Å². The SMILES string of the molecule is Cl.NCCCCCCC(=O)NC1CCS(=O)(=O)c2ccccc21. The number of fused-ring (bicyclic) bond motifs is 1. The van der Waals surface area contributed by atoms with E-state index in [-0.39, 0.29) is 30.1 Å². The molecule has 1 heterocycles. The Bertz CT molecular complexity index is 620. The number of sulfone groups is 1. The van der Waals surface area contributed by atoms with E-state index in [2.05, 4.69) is 5.32 Å². The molecular weight excluding hydrogens is 336 g/mol. The fourth-order valence-electron chi connectivity index (χ4n) is 2.79. The molecule has 1 aliphatic heterocycles. The van der Waals surface area contributed by atoms with Crippen LogP contribution in [0.15, 0.2) is 29.2 Å². The third-order valence-corrected chi connectivity index (χ3v) is 5.81. The van der Waals surface area contributed by atoms with Crippen LogP contribution in [0.1, 0.15) is 50.1 Å². The Balaban J connectivity index is 0.00000264. The zero-order chi connectivity index (χ0) is 16.0. The lowest BCUT2D eigenvalue weighted by Crippen LogP contribution is -2.33. The fourth-order valence-corrected chi connectivity index (χ4v) is 4.41. The molecule has 0 radical (unpaired) electrons. The van der Waals surface area contributed by atoms with Gasteiger partial charge in [-0.3, -0.25) is 4.79 Å². The molecule has 1 atom stereocenters. The van der Waals surface area contributed by atoms with Gasteiger partial charge in [0.15, 0.2) is 9.84 Å². The number of hydrogen-bond acceptors (Lipinski definition) is 4. The number of carbonyl (C=O) groups excluding carboxylic acids is 1. The van der Waals surface area contributed by atoms with Gasteiger partial charge in [0.25, 0.3) is 0 Å². The Morgan fingerprint density at radius 1 is 1.17 bits per heavy atom. The third-order valence-electron chi connectivity index (χ3n) is 4.00. The van der Waals surface area contributed by atoms with Crippen LogP contribution in [0.4, 0.5) is 0 Å². The number of unbranched alkanes of at least 4 members (excludes halogenated alkanes) is 3. The molecule has 1 aliphatic rings. The van der Waals surface area contributed by atoms with Crippen LogP contribution >= 0.6 is 12.4 Å². The Labute approximate surface area is 144 Å². The Hall–Kier alpha value is -1.11. The van der Waals surface area contributed by atoms with Gasteiger partial charge < -0.3 is 11.1 Å². The molecule has 23 heavy (non-hydrogen) atoms. The lowest BCUT2D eigenvalue weighted by Gasteiger charge is -2.26. The highest BCUT2D eigenvalue weighted by molar-refractivity contribution is 7.91. The predicted octanol–water partition coefficient (Wildman–Crippen LogP) is 2.35. The molecule has 0 aromatic heterocycles. The molecule has 130 valence electrons. The lowest BCUT2D eigenvalue weighted by molar-refractivity contribution is -0.122. The molecule has 1 aromatic carbocycles. The van der Waals surface area contributed by atoms with Crippen molar-refractivity contribution in [3.8, 4) is 0 Å². The molecule has 3 N–H and O–H groups in total. The lowest BCUT2D eigenvalue weighted by atomic mass is 10.0. The standard InChI is InChI=1S/C16H24N2O3S.ClH/c17-11-6-2-1-3-9-16(19)18-14-10-12-22(20,21)15-8-5-4-7-13(14)15;/h4-5,7-8,14H,1-3,6,9-12,17H2,(H,18,19);1H. The third kappa shape index (κ3) is 5.48. The summed E-state index contributed by atoms with van der Waals surface area (Å²) in [6, 6.07) is 6.74. The van der Waals surface area contributed by atoms with Gasteiger partial charge in [-0.05, 0) is 37.4 Å². The molecule has 0 saturated carbocycles. The number of nitrogens with two attached hydrogens (primary N) is 1. The minimum atomic E-state index is -3.20. The Morgan fingerprint density at radius 2 is 1.87 bits per heavy atom. The summed E-state index contributed by atoms with van der Waals surface area (Å²) in [5.74, 6) is 0.0812. The second-order valence-electron chi connectivity index (χ2n) is 5.72. The van der Waals surface area contributed by atoms with E-state index >= 15 is 0 Å². The van der Waals surface area contributed by atoms with Gasteiger partial charge in [0.2, 0.25) is 5.91 Å². The molecule has 7 heteroatoms. The molecule has 0 aliphatic carbocycles. The van der Waals surface area contributed by atoms with Crippen molar-refractivity contribution in [2.75, 3.05) is 12.3 Å². The van der Waals surface area contributed by atoms with E-state index in [0.717, 1.165) is 25.7 Å². The molecule has 2 rings (SSSR count). The summed E-state index contributed by atoms with van der Waals surface area (Å²) in [7, 11) is -3.20. The van der Waals surface area contributed by atoms with Crippen LogP contribution in [0.3, 0.4) is 0 Å². The fraction of sp³-hybridized carbons (Fsp3) is 0.562. The maximum atomic E-state index is 12.1. The predicted molar refractivity (Wildman–Crippen MR) is 93.4 cm³/mol. The smallest absolute Gasteiger partial charge is 0.220 e. The number of amides is 1. The summed E-state index contributed by atoms with van der Waals surface area (Å²) in [5, 5.41) is 2.98. The Morgan fingerprint density at radius 3 is 2.61 bits per heavy atom. The van der Waals surface area contributed by atoms with E-state index < -0.39 is 9.84 Å². The first-order valence-electron chi connectivity index (χ1n) is 7.86. The van der Waals surface area contributed by atoms with Crippen LogP contribution in [0.2, 0.25) is 0 Å². The molecular formula is C16H25ClN2O3S. The van der Waals surface area contributed by atoms with Gasteiger partial charge in [-0.1, -0.05) is 31.0 Å². The van der Waals surface area contributed by atoms with Crippen molar-refractivity contribution in [1.82, 2.24) is 5.32 Å². The van der Waals surface area contributed by atoms with E-state index in [0.29, 0.717) is 29.8 Å². The van der Waals surface area contributed by atoms with Gasteiger partial charge in [0.1, 0.15) is 0 Å². The quantitative estimate of drug-likeness (QED) is 0.730. The van der Waals surface area contributed by atoms with Gasteiger partial charge in [0, 0.05) is 6.42 Å². The molecule has 1 aromatic rings. The van der Waals surface area contributed by atoms with Crippen molar-refractivity contribution < 1.29 is 13.2 Å². The number of benzene rings is 1. The van der Waals surface area contributed by atoms with Gasteiger partial charge in [-0.25, -0.2) is 8.42 Å². The van der Waals surface area contributed by atoms with Crippen LogP contribution in [-0.4, -0.2) is 26.6 Å². The second-order valence-corrected chi connectivity index (χ2v) is 7.80. The van der Waals surface area contributed by atoms with Crippen molar-refractivity contribution in [3.63, 3.8) is 0 Å². The number of halogens is 1. The minimum Gasteiger partial charge on any atom is -0.349 e. The average molecular weight is 361 g/mol. The summed E-state index contributed by atoms with van der Waals surface area (Å²) in [4.78, 5) is 12.4. The normalized spacial score (nSPS) is 18.6. The first kappa shape index (κ1) is 19.9. The molecule has 1 unspecified atom stereocenters. The van der Waals surface area contributed by atoms with Crippen LogP contribution in [0, 0.1) is 0 Å². The van der Waals surface area contributed by atoms with Crippen molar-refractivity contribution in [3.05, 3.63) is 29.8 Å². The number of carbonyl (C=O) groups is 1. The van der Waals surface area contributed by atoms with Crippen LogP contribution < -0.4 is 11.1 Å². The zero-order valence-corrected chi connectivity index (χ0v) is 14.8. The summed E-state index contributed by atoms with van der Waals surface area (Å²) in [5.41, 5.74) is 6.15. The summed E-state index contributed by atoms with van der Waals surface area (Å²) >= 11 is 0. The van der Waals surface area contributed by atoms with E-state index in [1.807, 2.05) is 6.07 Å². The van der Waals surface area contributed by atoms with E-state index in [4.69, 9.17) is 5.73 Å². The number of hydrogen-bond donors (Lipinski definition) is 2. The number of nitrogens with one attached hydrogen (secondary N) is 1. The topological polar surface area (TPSA) is 89.3 Å². The van der Waals surface area contributed by atoms with Crippen molar-refractivity contribution >= 4 is 28.2 Å². The first-order chi connectivity index (χ1) is 10.5. The zero-order valence-electron chi connectivity index (χ0n) is 13.2. The van der Waals surface area contributed by atoms with Crippen molar-refractivity contribution in [1.29, 1.82) is 0 Å². The molecule has 0 bridgehead atoms. The second kappa shape index (κ2) is 9.25. The van der Waals surface area contributed by atoms with Gasteiger partial charge >= 0.3 is 0 Å². The molecule has 0 saturated heterocycles. The van der Waals surface area contributed by atoms with Gasteiger partial charge in [-0.15, -0.1) is 12.4 Å². The van der Waals surface area contributed by atoms with Gasteiger partial charge in [-0.2, -0.15) is 0 Å². The van der Waals surface area contributed by atoms with Crippen molar-refractivity contribution in [2.24, 2.45) is 5.73 Å². The first-order valence-corrected chi connectivity index (χ1v) is 9.51. The summed E-state index contributed by atoms with van der Waals surface area (Å²) in [6.45, 7) is 0.694. The number of rotatable bonds is 7. The largest absolute Gasteiger partial charge is 0.349 e. The highest BCUT2D eigenvalue weighted by Gasteiger charge is 2.30. The molecule has 0 spiro atoms. The van der Waals surface area contributed by atoms with Crippen LogP contribution in [-0.2, 0) is 14.6 Å². The monoisotopic (exact) mass is 360 g/mol. The Kier molecular flexibility index (Phi) is 8.02.